The van der Waals surface area contributed by atoms with Crippen LogP contribution in [0.5, 0.6) is 5.75 Å². The summed E-state index contributed by atoms with van der Waals surface area (Å²) in [5.74, 6) is -1.63. The number of phenols is 1. The van der Waals surface area contributed by atoms with Crippen LogP contribution in [-0.4, -0.2) is 11.0 Å². The van der Waals surface area contributed by atoms with E-state index in [1.54, 1.807) is 18.2 Å². The van der Waals surface area contributed by atoms with Crippen LogP contribution in [0.3, 0.4) is 0 Å². The van der Waals surface area contributed by atoms with E-state index in [0.29, 0.717) is 5.56 Å². The number of nitrogens with one attached hydrogen (secondary N) is 1. The van der Waals surface area contributed by atoms with Crippen LogP contribution in [0.25, 0.3) is 0 Å². The lowest BCUT2D eigenvalue weighted by Crippen LogP contribution is -2.23. The van der Waals surface area contributed by atoms with Crippen LogP contribution in [0.15, 0.2) is 36.4 Å². The van der Waals surface area contributed by atoms with E-state index in [9.17, 15) is 9.18 Å². The van der Waals surface area contributed by atoms with Gasteiger partial charge in [0, 0.05) is 6.54 Å². The van der Waals surface area contributed by atoms with Crippen molar-refractivity contribution in [3.05, 3.63) is 63.4 Å². The molecular formula is C14H10Cl2FNO2. The van der Waals surface area contributed by atoms with Crippen molar-refractivity contribution in [1.29, 1.82) is 0 Å². The molecule has 0 bridgehead atoms. The molecule has 2 aromatic carbocycles. The fourth-order valence-electron chi connectivity index (χ4n) is 1.65. The van der Waals surface area contributed by atoms with Crippen LogP contribution in [0.2, 0.25) is 10.0 Å². The normalized spacial score (nSPS) is 10.3. The van der Waals surface area contributed by atoms with Gasteiger partial charge in [0.15, 0.2) is 11.6 Å². The Kier molecular flexibility index (Phi) is 4.47. The highest BCUT2D eigenvalue weighted by molar-refractivity contribution is 6.39. The second-order valence-electron chi connectivity index (χ2n) is 4.07. The highest BCUT2D eigenvalue weighted by Gasteiger charge is 2.14. The van der Waals surface area contributed by atoms with Crippen LogP contribution in [0, 0.1) is 5.82 Å². The van der Waals surface area contributed by atoms with E-state index < -0.39 is 17.5 Å². The minimum Gasteiger partial charge on any atom is -0.505 e. The van der Waals surface area contributed by atoms with Gasteiger partial charge in [-0.25, -0.2) is 4.39 Å². The van der Waals surface area contributed by atoms with Crippen molar-refractivity contribution in [2.75, 3.05) is 0 Å². The number of rotatable bonds is 3. The topological polar surface area (TPSA) is 49.3 Å². The van der Waals surface area contributed by atoms with Gasteiger partial charge in [0.1, 0.15) is 0 Å². The van der Waals surface area contributed by atoms with Gasteiger partial charge in [-0.3, -0.25) is 4.79 Å². The summed E-state index contributed by atoms with van der Waals surface area (Å²) in [5, 5.41) is 12.1. The quantitative estimate of drug-likeness (QED) is 0.906. The van der Waals surface area contributed by atoms with Gasteiger partial charge >= 0.3 is 0 Å². The molecule has 0 aliphatic carbocycles. The van der Waals surface area contributed by atoms with E-state index in [1.807, 2.05) is 0 Å². The number of halogens is 3. The minimum absolute atomic E-state index is 0.0948. The molecule has 2 aromatic rings. The first kappa shape index (κ1) is 14.6. The first-order chi connectivity index (χ1) is 9.49. The molecule has 0 fully saturated rings. The van der Waals surface area contributed by atoms with Crippen molar-refractivity contribution in [3.63, 3.8) is 0 Å². The van der Waals surface area contributed by atoms with E-state index in [2.05, 4.69) is 5.32 Å². The number of carbonyl (C=O) groups is 1. The molecular weight excluding hydrogens is 304 g/mol. The molecule has 0 heterocycles. The Balaban J connectivity index is 2.11. The van der Waals surface area contributed by atoms with Crippen molar-refractivity contribution in [1.82, 2.24) is 5.32 Å². The molecule has 20 heavy (non-hydrogen) atoms. The van der Waals surface area contributed by atoms with Crippen molar-refractivity contribution in [2.24, 2.45) is 0 Å². The molecule has 104 valence electrons. The number of phenolic OH excluding ortho intramolecular Hbond substituents is 1. The van der Waals surface area contributed by atoms with Gasteiger partial charge in [-0.1, -0.05) is 35.3 Å². The predicted molar refractivity (Wildman–Crippen MR) is 75.7 cm³/mol. The highest BCUT2D eigenvalue weighted by Crippen LogP contribution is 2.24. The number of carbonyl (C=O) groups excluding carboxylic acids is 1. The zero-order chi connectivity index (χ0) is 14.7. The fourth-order valence-corrected chi connectivity index (χ4v) is 2.21. The molecule has 0 atom stereocenters. The Morgan fingerprint density at radius 3 is 2.45 bits per heavy atom. The zero-order valence-corrected chi connectivity index (χ0v) is 11.7. The van der Waals surface area contributed by atoms with Gasteiger partial charge in [-0.15, -0.1) is 0 Å². The lowest BCUT2D eigenvalue weighted by atomic mass is 10.2. The Morgan fingerprint density at radius 1 is 1.20 bits per heavy atom. The Labute approximate surface area is 124 Å². The number of hydrogen-bond donors (Lipinski definition) is 2. The predicted octanol–water partition coefficient (Wildman–Crippen LogP) is 3.77. The Bertz CT molecular complexity index is 641. The summed E-state index contributed by atoms with van der Waals surface area (Å²) in [6, 6.07) is 8.62. The standard InChI is InChI=1S/C14H10Cl2FNO2/c15-9-2-1-3-10(16)13(9)14(20)18-7-8-4-5-12(19)11(17)6-8/h1-6,19H,7H2,(H,18,20). The zero-order valence-electron chi connectivity index (χ0n) is 10.2. The molecule has 0 aliphatic heterocycles. The van der Waals surface area contributed by atoms with E-state index in [4.69, 9.17) is 28.3 Å². The van der Waals surface area contributed by atoms with Crippen molar-refractivity contribution in [2.45, 2.75) is 6.54 Å². The average Bonchev–Trinajstić information content (AvgIpc) is 2.40. The second kappa shape index (κ2) is 6.11. The number of hydrogen-bond acceptors (Lipinski definition) is 2. The third-order valence-corrected chi connectivity index (χ3v) is 3.28. The van der Waals surface area contributed by atoms with Crippen LogP contribution >= 0.6 is 23.2 Å². The highest BCUT2D eigenvalue weighted by atomic mass is 35.5. The maximum atomic E-state index is 13.1. The summed E-state index contributed by atoms with van der Waals surface area (Å²) < 4.78 is 13.1. The summed E-state index contributed by atoms with van der Waals surface area (Å²) in [7, 11) is 0. The summed E-state index contributed by atoms with van der Waals surface area (Å²) in [4.78, 5) is 12.0. The number of benzene rings is 2. The van der Waals surface area contributed by atoms with Gasteiger partial charge in [0.25, 0.3) is 5.91 Å². The molecule has 3 nitrogen and oxygen atoms in total. The lowest BCUT2D eigenvalue weighted by Gasteiger charge is -2.08. The molecule has 0 radical (unpaired) electrons. The molecule has 0 saturated carbocycles. The van der Waals surface area contributed by atoms with Gasteiger partial charge in [0.2, 0.25) is 0 Å². The van der Waals surface area contributed by atoms with E-state index in [0.717, 1.165) is 6.07 Å². The maximum absolute atomic E-state index is 13.1. The summed E-state index contributed by atoms with van der Waals surface area (Å²) in [6.45, 7) is 0.0948. The van der Waals surface area contributed by atoms with Gasteiger partial charge in [-0.2, -0.15) is 0 Å². The van der Waals surface area contributed by atoms with Crippen molar-refractivity contribution < 1.29 is 14.3 Å². The van der Waals surface area contributed by atoms with Crippen molar-refractivity contribution >= 4 is 29.1 Å². The molecule has 6 heteroatoms. The van der Waals surface area contributed by atoms with Crippen LogP contribution in [0.1, 0.15) is 15.9 Å². The molecule has 0 unspecified atom stereocenters. The molecule has 0 aromatic heterocycles. The van der Waals surface area contributed by atoms with Crippen molar-refractivity contribution in [3.8, 4) is 5.75 Å². The largest absolute Gasteiger partial charge is 0.505 e. The van der Waals surface area contributed by atoms with E-state index in [1.165, 1.54) is 12.1 Å². The molecule has 2 rings (SSSR count). The molecule has 1 amide bonds. The number of aromatic hydroxyl groups is 1. The third-order valence-electron chi connectivity index (χ3n) is 2.65. The Morgan fingerprint density at radius 2 is 1.85 bits per heavy atom. The summed E-state index contributed by atoms with van der Waals surface area (Å²) in [6.07, 6.45) is 0. The molecule has 0 spiro atoms. The minimum atomic E-state index is -0.743. The van der Waals surface area contributed by atoms with Crippen LogP contribution in [-0.2, 0) is 6.54 Å². The molecule has 2 N–H and O–H groups in total. The first-order valence-corrected chi connectivity index (χ1v) is 6.44. The van der Waals surface area contributed by atoms with Crippen LogP contribution in [0.4, 0.5) is 4.39 Å². The first-order valence-electron chi connectivity index (χ1n) is 5.68. The smallest absolute Gasteiger partial charge is 0.254 e. The van der Waals surface area contributed by atoms with Gasteiger partial charge in [-0.05, 0) is 29.8 Å². The van der Waals surface area contributed by atoms with E-state index >= 15 is 0 Å². The fraction of sp³-hybridized carbons (Fsp3) is 0.0714. The summed E-state index contributed by atoms with van der Waals surface area (Å²) >= 11 is 11.8. The third kappa shape index (κ3) is 3.21. The maximum Gasteiger partial charge on any atom is 0.254 e. The average molecular weight is 314 g/mol. The lowest BCUT2D eigenvalue weighted by molar-refractivity contribution is 0.0951. The van der Waals surface area contributed by atoms with Gasteiger partial charge < -0.3 is 10.4 Å². The molecule has 0 aliphatic rings. The molecule has 0 saturated heterocycles. The Hall–Kier alpha value is -1.78. The van der Waals surface area contributed by atoms with E-state index in [-0.39, 0.29) is 22.2 Å². The van der Waals surface area contributed by atoms with Gasteiger partial charge in [0.05, 0.1) is 15.6 Å². The van der Waals surface area contributed by atoms with Crippen LogP contribution < -0.4 is 5.32 Å². The monoisotopic (exact) mass is 313 g/mol. The SMILES string of the molecule is O=C(NCc1ccc(O)c(F)c1)c1c(Cl)cccc1Cl. The second-order valence-corrected chi connectivity index (χ2v) is 4.88. The number of amides is 1. The summed E-state index contributed by atoms with van der Waals surface area (Å²) in [5.41, 5.74) is 0.687.